The van der Waals surface area contributed by atoms with Crippen LogP contribution in [0.15, 0.2) is 29.2 Å². The van der Waals surface area contributed by atoms with Gasteiger partial charge in [0, 0.05) is 23.0 Å². The minimum Gasteiger partial charge on any atom is -0.478 e. The third-order valence-electron chi connectivity index (χ3n) is 2.66. The van der Waals surface area contributed by atoms with Gasteiger partial charge in [-0.25, -0.2) is 4.79 Å². The zero-order valence-electron chi connectivity index (χ0n) is 10.3. The van der Waals surface area contributed by atoms with E-state index in [0.29, 0.717) is 24.6 Å². The van der Waals surface area contributed by atoms with Crippen LogP contribution in [0.2, 0.25) is 0 Å². The van der Waals surface area contributed by atoms with Gasteiger partial charge in [0.25, 0.3) is 0 Å². The van der Waals surface area contributed by atoms with Crippen LogP contribution in [0.25, 0.3) is 0 Å². The molecule has 3 nitrogen and oxygen atoms in total. The standard InChI is InChI=1S/C13H19NO2S/c1-3-10(13(15)16)7-8-14-11(4-2)12-6-5-9-17-12/h5-7,9,11,14H,3-4,8H2,1-2H3,(H,15,16)/b10-7-. The molecule has 17 heavy (non-hydrogen) atoms. The quantitative estimate of drug-likeness (QED) is 0.734. The Hall–Kier alpha value is -1.13. The molecule has 0 fully saturated rings. The topological polar surface area (TPSA) is 49.3 Å². The zero-order chi connectivity index (χ0) is 12.7. The highest BCUT2D eigenvalue weighted by Gasteiger charge is 2.09. The second kappa shape index (κ2) is 7.25. The van der Waals surface area contributed by atoms with E-state index in [1.165, 1.54) is 4.88 Å². The van der Waals surface area contributed by atoms with Crippen LogP contribution in [0.3, 0.4) is 0 Å². The molecule has 0 saturated carbocycles. The molecule has 4 heteroatoms. The van der Waals surface area contributed by atoms with Crippen LogP contribution in [0.5, 0.6) is 0 Å². The van der Waals surface area contributed by atoms with Gasteiger partial charge in [-0.1, -0.05) is 26.0 Å². The number of carboxylic acids is 1. The third-order valence-corrected chi connectivity index (χ3v) is 3.65. The highest BCUT2D eigenvalue weighted by atomic mass is 32.1. The van der Waals surface area contributed by atoms with E-state index in [0.717, 1.165) is 6.42 Å². The summed E-state index contributed by atoms with van der Waals surface area (Å²) in [5.41, 5.74) is 0.471. The van der Waals surface area contributed by atoms with Gasteiger partial charge in [-0.05, 0) is 24.3 Å². The van der Waals surface area contributed by atoms with Gasteiger partial charge < -0.3 is 10.4 Å². The molecule has 0 aliphatic carbocycles. The average molecular weight is 253 g/mol. The van der Waals surface area contributed by atoms with E-state index in [1.807, 2.05) is 13.0 Å². The Labute approximate surface area is 106 Å². The Morgan fingerprint density at radius 3 is 2.82 bits per heavy atom. The molecule has 94 valence electrons. The molecule has 1 aromatic heterocycles. The highest BCUT2D eigenvalue weighted by Crippen LogP contribution is 2.21. The first-order valence-electron chi connectivity index (χ1n) is 5.88. The predicted octanol–water partition coefficient (Wildman–Crippen LogP) is 3.21. The molecule has 1 rings (SSSR count). The molecule has 1 heterocycles. The van der Waals surface area contributed by atoms with Gasteiger partial charge >= 0.3 is 5.97 Å². The number of hydrogen-bond acceptors (Lipinski definition) is 3. The predicted molar refractivity (Wildman–Crippen MR) is 71.4 cm³/mol. The van der Waals surface area contributed by atoms with Gasteiger partial charge in [-0.3, -0.25) is 0 Å². The third kappa shape index (κ3) is 4.32. The molecular weight excluding hydrogens is 234 g/mol. The lowest BCUT2D eigenvalue weighted by molar-refractivity contribution is -0.132. The normalized spacial score (nSPS) is 13.6. The van der Waals surface area contributed by atoms with E-state index in [4.69, 9.17) is 5.11 Å². The van der Waals surface area contributed by atoms with Crippen molar-refractivity contribution in [3.05, 3.63) is 34.0 Å². The summed E-state index contributed by atoms with van der Waals surface area (Å²) in [7, 11) is 0. The molecule has 1 atom stereocenters. The molecule has 2 N–H and O–H groups in total. The van der Waals surface area contributed by atoms with Crippen molar-refractivity contribution in [1.82, 2.24) is 5.32 Å². The molecule has 0 aromatic carbocycles. The van der Waals surface area contributed by atoms with Gasteiger partial charge in [0.2, 0.25) is 0 Å². The van der Waals surface area contributed by atoms with Crippen molar-refractivity contribution in [2.45, 2.75) is 32.7 Å². The number of nitrogens with one attached hydrogen (secondary N) is 1. The molecule has 0 bridgehead atoms. The Kier molecular flexibility index (Phi) is 5.94. The fourth-order valence-electron chi connectivity index (χ4n) is 1.64. The minimum atomic E-state index is -0.821. The van der Waals surface area contributed by atoms with E-state index >= 15 is 0 Å². The average Bonchev–Trinajstić information content (AvgIpc) is 2.82. The lowest BCUT2D eigenvalue weighted by Gasteiger charge is -2.14. The fraction of sp³-hybridized carbons (Fsp3) is 0.462. The van der Waals surface area contributed by atoms with Crippen LogP contribution in [0.1, 0.15) is 37.6 Å². The molecule has 0 aliphatic heterocycles. The summed E-state index contributed by atoms with van der Waals surface area (Å²) in [6.45, 7) is 4.58. The van der Waals surface area contributed by atoms with Crippen LogP contribution >= 0.6 is 11.3 Å². The fourth-order valence-corrected chi connectivity index (χ4v) is 2.53. The molecular formula is C13H19NO2S. The summed E-state index contributed by atoms with van der Waals surface area (Å²) >= 11 is 1.73. The van der Waals surface area contributed by atoms with Crippen molar-refractivity contribution < 1.29 is 9.90 Å². The number of carboxylic acid groups (broad SMARTS) is 1. The molecule has 0 spiro atoms. The second-order valence-electron chi connectivity index (χ2n) is 3.77. The maximum atomic E-state index is 10.8. The molecule has 0 saturated heterocycles. The number of hydrogen-bond donors (Lipinski definition) is 2. The van der Waals surface area contributed by atoms with Crippen molar-refractivity contribution >= 4 is 17.3 Å². The van der Waals surface area contributed by atoms with E-state index in [2.05, 4.69) is 23.7 Å². The Bertz CT molecular complexity index is 371. The lowest BCUT2D eigenvalue weighted by atomic mass is 10.1. The molecule has 0 amide bonds. The smallest absolute Gasteiger partial charge is 0.331 e. The maximum Gasteiger partial charge on any atom is 0.331 e. The first-order chi connectivity index (χ1) is 8.19. The van der Waals surface area contributed by atoms with Crippen molar-refractivity contribution in [1.29, 1.82) is 0 Å². The van der Waals surface area contributed by atoms with Gasteiger partial charge in [0.15, 0.2) is 0 Å². The van der Waals surface area contributed by atoms with Crippen molar-refractivity contribution in [2.24, 2.45) is 0 Å². The number of aliphatic carboxylic acids is 1. The highest BCUT2D eigenvalue weighted by molar-refractivity contribution is 7.10. The SMILES string of the molecule is CC/C(=C/CNC(CC)c1cccs1)C(=O)O. The first kappa shape index (κ1) is 13.9. The Morgan fingerprint density at radius 2 is 2.35 bits per heavy atom. The van der Waals surface area contributed by atoms with E-state index in [1.54, 1.807) is 17.4 Å². The van der Waals surface area contributed by atoms with Crippen molar-refractivity contribution in [2.75, 3.05) is 6.54 Å². The summed E-state index contributed by atoms with van der Waals surface area (Å²) in [6, 6.07) is 4.46. The molecule has 1 aromatic rings. The second-order valence-corrected chi connectivity index (χ2v) is 4.75. The number of rotatable bonds is 7. The number of carbonyl (C=O) groups is 1. The van der Waals surface area contributed by atoms with E-state index in [9.17, 15) is 4.79 Å². The summed E-state index contributed by atoms with van der Waals surface area (Å²) in [6.07, 6.45) is 3.33. The molecule has 0 aliphatic rings. The summed E-state index contributed by atoms with van der Waals surface area (Å²) in [5.74, 6) is -0.821. The van der Waals surface area contributed by atoms with Crippen LogP contribution in [0, 0.1) is 0 Å². The Balaban J connectivity index is 2.51. The summed E-state index contributed by atoms with van der Waals surface area (Å²) in [4.78, 5) is 12.1. The minimum absolute atomic E-state index is 0.318. The van der Waals surface area contributed by atoms with Gasteiger partial charge in [-0.15, -0.1) is 11.3 Å². The summed E-state index contributed by atoms with van der Waals surface area (Å²) in [5, 5.41) is 14.3. The van der Waals surface area contributed by atoms with Gasteiger partial charge in [0.05, 0.1) is 0 Å². The monoisotopic (exact) mass is 253 g/mol. The van der Waals surface area contributed by atoms with Crippen LogP contribution in [-0.4, -0.2) is 17.6 Å². The maximum absolute atomic E-state index is 10.8. The van der Waals surface area contributed by atoms with Gasteiger partial charge in [0.1, 0.15) is 0 Å². The number of thiophene rings is 1. The van der Waals surface area contributed by atoms with Crippen LogP contribution in [-0.2, 0) is 4.79 Å². The first-order valence-corrected chi connectivity index (χ1v) is 6.76. The zero-order valence-corrected chi connectivity index (χ0v) is 11.1. The van der Waals surface area contributed by atoms with E-state index < -0.39 is 5.97 Å². The molecule has 0 radical (unpaired) electrons. The van der Waals surface area contributed by atoms with E-state index in [-0.39, 0.29) is 0 Å². The Morgan fingerprint density at radius 1 is 1.59 bits per heavy atom. The lowest BCUT2D eigenvalue weighted by Crippen LogP contribution is -2.20. The van der Waals surface area contributed by atoms with Crippen LogP contribution < -0.4 is 5.32 Å². The molecule has 1 unspecified atom stereocenters. The van der Waals surface area contributed by atoms with Crippen LogP contribution in [0.4, 0.5) is 0 Å². The largest absolute Gasteiger partial charge is 0.478 e. The summed E-state index contributed by atoms with van der Waals surface area (Å²) < 4.78 is 0. The van der Waals surface area contributed by atoms with Gasteiger partial charge in [-0.2, -0.15) is 0 Å². The van der Waals surface area contributed by atoms with Crippen molar-refractivity contribution in [3.63, 3.8) is 0 Å². The van der Waals surface area contributed by atoms with Crippen molar-refractivity contribution in [3.8, 4) is 0 Å².